The lowest BCUT2D eigenvalue weighted by Gasteiger charge is -2.47. The Morgan fingerprint density at radius 3 is 2.68 bits per heavy atom. The van der Waals surface area contributed by atoms with E-state index in [1.807, 2.05) is 12.1 Å². The fraction of sp³-hybridized carbons (Fsp3) is 0.733. The predicted octanol–water partition coefficient (Wildman–Crippen LogP) is 3.24. The molecular weight excluding hydrogens is 260 g/mol. The summed E-state index contributed by atoms with van der Waals surface area (Å²) < 4.78 is 5.50. The summed E-state index contributed by atoms with van der Waals surface area (Å²) in [4.78, 5) is 5.04. The number of furan rings is 1. The van der Waals surface area contributed by atoms with Crippen molar-refractivity contribution >= 4 is 11.6 Å². The van der Waals surface area contributed by atoms with Gasteiger partial charge in [-0.15, -0.1) is 0 Å². The van der Waals surface area contributed by atoms with Crippen LogP contribution in [-0.4, -0.2) is 43.0 Å². The first kappa shape index (κ1) is 13.5. The Hall–Kier alpha value is -0.510. The van der Waals surface area contributed by atoms with Gasteiger partial charge in [0.25, 0.3) is 0 Å². The van der Waals surface area contributed by atoms with Crippen molar-refractivity contribution in [1.29, 1.82) is 0 Å². The van der Waals surface area contributed by atoms with Gasteiger partial charge in [-0.2, -0.15) is 0 Å². The summed E-state index contributed by atoms with van der Waals surface area (Å²) in [5.41, 5.74) is 0.516. The number of likely N-dealkylation sites (tertiary alicyclic amines) is 2. The molecule has 0 aliphatic carbocycles. The molecule has 0 N–H and O–H groups in total. The molecular formula is C15H23ClN2O. The minimum atomic E-state index is 0.499. The summed E-state index contributed by atoms with van der Waals surface area (Å²) in [6.07, 6.45) is 5.42. The van der Waals surface area contributed by atoms with E-state index < -0.39 is 0 Å². The van der Waals surface area contributed by atoms with Crippen molar-refractivity contribution in [1.82, 2.24) is 9.80 Å². The Bertz CT molecular complexity index is 430. The summed E-state index contributed by atoms with van der Waals surface area (Å²) in [6, 6.07) is 3.83. The third-order valence-electron chi connectivity index (χ3n) is 4.60. The van der Waals surface area contributed by atoms with Crippen LogP contribution in [0.5, 0.6) is 0 Å². The van der Waals surface area contributed by atoms with E-state index in [-0.39, 0.29) is 0 Å². The van der Waals surface area contributed by atoms with Crippen molar-refractivity contribution in [2.75, 3.05) is 33.2 Å². The van der Waals surface area contributed by atoms with E-state index in [4.69, 9.17) is 16.0 Å². The zero-order valence-electron chi connectivity index (χ0n) is 11.7. The Labute approximate surface area is 120 Å². The van der Waals surface area contributed by atoms with Gasteiger partial charge < -0.3 is 9.32 Å². The van der Waals surface area contributed by atoms with E-state index in [9.17, 15) is 0 Å². The van der Waals surface area contributed by atoms with Crippen LogP contribution in [0.25, 0.3) is 0 Å². The van der Waals surface area contributed by atoms with Crippen LogP contribution in [0.1, 0.15) is 31.4 Å². The monoisotopic (exact) mass is 282 g/mol. The van der Waals surface area contributed by atoms with Gasteiger partial charge in [-0.1, -0.05) is 0 Å². The normalized spacial score (nSPS) is 30.0. The molecule has 2 aliphatic heterocycles. The summed E-state index contributed by atoms with van der Waals surface area (Å²) in [5.74, 6) is 0.992. The molecule has 0 radical (unpaired) electrons. The second-order valence-electron chi connectivity index (χ2n) is 6.36. The average Bonchev–Trinajstić information content (AvgIpc) is 2.74. The van der Waals surface area contributed by atoms with E-state index in [0.717, 1.165) is 12.3 Å². The summed E-state index contributed by atoms with van der Waals surface area (Å²) in [6.45, 7) is 5.80. The first-order chi connectivity index (χ1) is 9.15. The molecule has 19 heavy (non-hydrogen) atoms. The van der Waals surface area contributed by atoms with Crippen molar-refractivity contribution in [2.24, 2.45) is 5.41 Å². The van der Waals surface area contributed by atoms with Crippen molar-refractivity contribution in [2.45, 2.75) is 32.2 Å². The SMILES string of the molecule is CN1CCC[C@@]2(CCCN(Cc3ccc(Cl)o3)C2)C1. The lowest BCUT2D eigenvalue weighted by molar-refractivity contribution is 0.0174. The molecule has 3 heterocycles. The lowest BCUT2D eigenvalue weighted by atomic mass is 9.74. The van der Waals surface area contributed by atoms with Gasteiger partial charge in [0.15, 0.2) is 5.22 Å². The highest BCUT2D eigenvalue weighted by molar-refractivity contribution is 6.28. The first-order valence-corrected chi connectivity index (χ1v) is 7.68. The van der Waals surface area contributed by atoms with Crippen molar-refractivity contribution < 1.29 is 4.42 Å². The average molecular weight is 283 g/mol. The van der Waals surface area contributed by atoms with Gasteiger partial charge in [0, 0.05) is 13.1 Å². The van der Waals surface area contributed by atoms with Crippen molar-refractivity contribution in [3.63, 3.8) is 0 Å². The second kappa shape index (κ2) is 5.47. The quantitative estimate of drug-likeness (QED) is 0.830. The molecule has 0 unspecified atom stereocenters. The zero-order chi connectivity index (χ0) is 13.3. The molecule has 4 heteroatoms. The Balaban J connectivity index is 1.64. The molecule has 3 rings (SSSR count). The maximum Gasteiger partial charge on any atom is 0.193 e. The van der Waals surface area contributed by atoms with Gasteiger partial charge in [0.1, 0.15) is 5.76 Å². The highest BCUT2D eigenvalue weighted by Gasteiger charge is 2.38. The molecule has 0 saturated carbocycles. The van der Waals surface area contributed by atoms with Crippen molar-refractivity contribution in [3.8, 4) is 0 Å². The lowest BCUT2D eigenvalue weighted by Crippen LogP contribution is -2.51. The van der Waals surface area contributed by atoms with E-state index in [2.05, 4.69) is 16.8 Å². The third kappa shape index (κ3) is 3.15. The third-order valence-corrected chi connectivity index (χ3v) is 4.80. The molecule has 1 atom stereocenters. The van der Waals surface area contributed by atoms with E-state index in [1.165, 1.54) is 51.9 Å². The van der Waals surface area contributed by atoms with E-state index >= 15 is 0 Å². The highest BCUT2D eigenvalue weighted by atomic mass is 35.5. The molecule has 2 saturated heterocycles. The number of nitrogens with zero attached hydrogens (tertiary/aromatic N) is 2. The molecule has 0 bridgehead atoms. The van der Waals surface area contributed by atoms with Gasteiger partial charge >= 0.3 is 0 Å². The molecule has 1 spiro atoms. The molecule has 2 aliphatic rings. The summed E-state index contributed by atoms with van der Waals surface area (Å²) in [5, 5.41) is 0.499. The van der Waals surface area contributed by atoms with Crippen LogP contribution in [0.3, 0.4) is 0 Å². The number of hydrogen-bond donors (Lipinski definition) is 0. The van der Waals surface area contributed by atoms with Crippen LogP contribution in [-0.2, 0) is 6.54 Å². The molecule has 106 valence electrons. The zero-order valence-corrected chi connectivity index (χ0v) is 12.5. The molecule has 2 fully saturated rings. The van der Waals surface area contributed by atoms with E-state index in [0.29, 0.717) is 10.6 Å². The minimum Gasteiger partial charge on any atom is -0.448 e. The minimum absolute atomic E-state index is 0.499. The van der Waals surface area contributed by atoms with Crippen LogP contribution < -0.4 is 0 Å². The molecule has 0 amide bonds. The maximum atomic E-state index is 5.85. The number of hydrogen-bond acceptors (Lipinski definition) is 3. The van der Waals surface area contributed by atoms with Crippen LogP contribution in [0.4, 0.5) is 0 Å². The Morgan fingerprint density at radius 1 is 1.21 bits per heavy atom. The highest BCUT2D eigenvalue weighted by Crippen LogP contribution is 2.38. The van der Waals surface area contributed by atoms with Gasteiger partial charge in [0.2, 0.25) is 0 Å². The van der Waals surface area contributed by atoms with Crippen LogP contribution in [0.15, 0.2) is 16.5 Å². The smallest absolute Gasteiger partial charge is 0.193 e. The first-order valence-electron chi connectivity index (χ1n) is 7.30. The van der Waals surface area contributed by atoms with Gasteiger partial charge in [-0.05, 0) is 75.0 Å². The van der Waals surface area contributed by atoms with Crippen LogP contribution in [0.2, 0.25) is 5.22 Å². The van der Waals surface area contributed by atoms with Gasteiger partial charge in [-0.25, -0.2) is 0 Å². The topological polar surface area (TPSA) is 19.6 Å². The van der Waals surface area contributed by atoms with Gasteiger partial charge in [0.05, 0.1) is 6.54 Å². The summed E-state index contributed by atoms with van der Waals surface area (Å²) in [7, 11) is 2.26. The van der Waals surface area contributed by atoms with Crippen LogP contribution >= 0.6 is 11.6 Å². The molecule has 0 aromatic carbocycles. The number of piperidine rings is 2. The molecule has 3 nitrogen and oxygen atoms in total. The van der Waals surface area contributed by atoms with Gasteiger partial charge in [-0.3, -0.25) is 4.90 Å². The fourth-order valence-electron chi connectivity index (χ4n) is 3.89. The Morgan fingerprint density at radius 2 is 2.00 bits per heavy atom. The van der Waals surface area contributed by atoms with E-state index in [1.54, 1.807) is 0 Å². The second-order valence-corrected chi connectivity index (χ2v) is 6.73. The largest absolute Gasteiger partial charge is 0.448 e. The standard InChI is InChI=1S/C15H23ClN2O/c1-17-8-2-6-15(11-17)7-3-9-18(12-15)10-13-4-5-14(16)19-13/h4-5H,2-3,6-12H2,1H3/t15-/m1/s1. The number of rotatable bonds is 2. The maximum absolute atomic E-state index is 5.85. The Kier molecular flexibility index (Phi) is 3.88. The predicted molar refractivity (Wildman–Crippen MR) is 77.4 cm³/mol. The molecule has 1 aromatic rings. The number of halogens is 1. The van der Waals surface area contributed by atoms with Crippen LogP contribution in [0, 0.1) is 5.41 Å². The summed E-state index contributed by atoms with van der Waals surface area (Å²) >= 11 is 5.85. The molecule has 1 aromatic heterocycles. The fourth-order valence-corrected chi connectivity index (χ4v) is 4.05. The van der Waals surface area contributed by atoms with Crippen molar-refractivity contribution in [3.05, 3.63) is 23.1 Å².